The van der Waals surface area contributed by atoms with Gasteiger partial charge in [-0.05, 0) is 22.4 Å². The molecule has 0 saturated carbocycles. The largest absolute Gasteiger partial charge is 0.744 e. The summed E-state index contributed by atoms with van der Waals surface area (Å²) in [6.07, 6.45) is 0. The van der Waals surface area contributed by atoms with E-state index in [0.29, 0.717) is 0 Å². The fourth-order valence-electron chi connectivity index (χ4n) is 0.983. The van der Waals surface area contributed by atoms with Gasteiger partial charge in [0.2, 0.25) is 0 Å². The highest BCUT2D eigenvalue weighted by Crippen LogP contribution is 2.18. The van der Waals surface area contributed by atoms with Crippen LogP contribution in [0.1, 0.15) is 0 Å². The third kappa shape index (κ3) is 1.58. The molecular weight excluding hydrogens is 210 g/mol. The van der Waals surface area contributed by atoms with E-state index in [1.165, 1.54) is 12.1 Å². The van der Waals surface area contributed by atoms with Crippen molar-refractivity contribution >= 4 is 21.2 Å². The monoisotopic (exact) mass is 217 g/mol. The van der Waals surface area contributed by atoms with Crippen LogP contribution in [-0.4, -0.2) is 23.3 Å². The molecular formula is C6H7N3O4S. The Labute approximate surface area is 79.0 Å². The van der Waals surface area contributed by atoms with Crippen LogP contribution in [0.5, 0.6) is 0 Å². The van der Waals surface area contributed by atoms with Crippen molar-refractivity contribution in [1.29, 1.82) is 0 Å². The molecule has 0 fully saturated rings. The molecule has 0 radical (unpaired) electrons. The quantitative estimate of drug-likeness (QED) is 0.691. The molecule has 4 N–H and O–H groups in total. The minimum absolute atomic E-state index is 0. The van der Waals surface area contributed by atoms with E-state index in [1.807, 2.05) is 0 Å². The van der Waals surface area contributed by atoms with Crippen molar-refractivity contribution in [2.24, 2.45) is 0 Å². The Morgan fingerprint density at radius 2 is 2.00 bits per heavy atom. The zero-order chi connectivity index (χ0) is 9.47. The molecule has 0 spiro atoms. The summed E-state index contributed by atoms with van der Waals surface area (Å²) in [5, 5.41) is 6.72. The summed E-state index contributed by atoms with van der Waals surface area (Å²) >= 11 is 0. The molecule has 8 heteroatoms. The Hall–Kier alpha value is -1.51. The fourth-order valence-corrected chi connectivity index (χ4v) is 1.61. The van der Waals surface area contributed by atoms with Crippen LogP contribution in [0.15, 0.2) is 27.7 Å². The van der Waals surface area contributed by atoms with Crippen LogP contribution in [0.25, 0.3) is 11.0 Å². The number of quaternary nitrogens is 1. The maximum absolute atomic E-state index is 10.7. The van der Waals surface area contributed by atoms with Gasteiger partial charge in [0.15, 0.2) is 5.52 Å². The Kier molecular flexibility index (Phi) is 2.51. The first kappa shape index (κ1) is 10.6. The third-order valence-electron chi connectivity index (χ3n) is 1.52. The Bertz CT molecular complexity index is 547. The smallest absolute Gasteiger partial charge is 0.152 e. The summed E-state index contributed by atoms with van der Waals surface area (Å²) in [7, 11) is -4.51. The fraction of sp³-hybridized carbons (Fsp3) is 0. The first-order valence-electron chi connectivity index (χ1n) is 3.26. The predicted octanol–water partition coefficient (Wildman–Crippen LogP) is 0.503. The molecule has 0 aliphatic carbocycles. The zero-order valence-electron chi connectivity index (χ0n) is 7.17. The molecule has 0 aliphatic rings. The van der Waals surface area contributed by atoms with Gasteiger partial charge in [-0.3, -0.25) is 0 Å². The molecule has 0 unspecified atom stereocenters. The molecule has 14 heavy (non-hydrogen) atoms. The number of hydrogen-bond donors (Lipinski definition) is 1. The minimum atomic E-state index is -4.51. The SMILES string of the molecule is O=S(=O)([O-])c1cccc2nonc12.[NH4+]. The molecule has 0 atom stereocenters. The summed E-state index contributed by atoms with van der Waals surface area (Å²) in [6.45, 7) is 0. The van der Waals surface area contributed by atoms with E-state index in [-0.39, 0.29) is 17.2 Å². The first-order chi connectivity index (χ1) is 6.09. The summed E-state index contributed by atoms with van der Waals surface area (Å²) in [5.74, 6) is 0. The van der Waals surface area contributed by atoms with E-state index in [2.05, 4.69) is 14.9 Å². The van der Waals surface area contributed by atoms with Crippen LogP contribution in [0, 0.1) is 0 Å². The highest BCUT2D eigenvalue weighted by molar-refractivity contribution is 7.86. The summed E-state index contributed by atoms with van der Waals surface area (Å²) in [6, 6.07) is 4.06. The average Bonchev–Trinajstić information content (AvgIpc) is 2.48. The maximum Gasteiger partial charge on any atom is 0.152 e. The second-order valence-corrected chi connectivity index (χ2v) is 3.69. The van der Waals surface area contributed by atoms with Crippen molar-refractivity contribution in [1.82, 2.24) is 16.5 Å². The lowest BCUT2D eigenvalue weighted by molar-refractivity contribution is 0.315. The normalized spacial score (nSPS) is 11.2. The van der Waals surface area contributed by atoms with Crippen LogP contribution in [0.3, 0.4) is 0 Å². The standard InChI is InChI=1S/C6H4N2O4S.H3N/c9-13(10,11)5-3-1-2-4-6(5)8-12-7-4;/h1-3H,(H,9,10,11);1H3. The van der Waals surface area contributed by atoms with Gasteiger partial charge in [-0.2, -0.15) is 0 Å². The van der Waals surface area contributed by atoms with E-state index < -0.39 is 15.0 Å². The summed E-state index contributed by atoms with van der Waals surface area (Å²) in [4.78, 5) is -0.411. The Morgan fingerprint density at radius 3 is 2.64 bits per heavy atom. The number of benzene rings is 1. The highest BCUT2D eigenvalue weighted by atomic mass is 32.2. The molecule has 76 valence electrons. The van der Waals surface area contributed by atoms with Crippen LogP contribution < -0.4 is 6.15 Å². The molecule has 0 amide bonds. The van der Waals surface area contributed by atoms with E-state index >= 15 is 0 Å². The molecule has 0 aliphatic heterocycles. The molecule has 0 bridgehead atoms. The van der Waals surface area contributed by atoms with Crippen molar-refractivity contribution in [2.75, 3.05) is 0 Å². The van der Waals surface area contributed by atoms with Crippen LogP contribution >= 0.6 is 0 Å². The predicted molar refractivity (Wildman–Crippen MR) is 45.8 cm³/mol. The highest BCUT2D eigenvalue weighted by Gasteiger charge is 2.10. The van der Waals surface area contributed by atoms with Gasteiger partial charge < -0.3 is 10.7 Å². The lowest BCUT2D eigenvalue weighted by atomic mass is 10.3. The van der Waals surface area contributed by atoms with Gasteiger partial charge in [-0.1, -0.05) is 6.07 Å². The molecule has 7 nitrogen and oxygen atoms in total. The topological polar surface area (TPSA) is 133 Å². The van der Waals surface area contributed by atoms with Gasteiger partial charge in [0.25, 0.3) is 0 Å². The molecule has 2 rings (SSSR count). The van der Waals surface area contributed by atoms with Gasteiger partial charge >= 0.3 is 0 Å². The van der Waals surface area contributed by atoms with Crippen molar-refractivity contribution in [3.05, 3.63) is 18.2 Å². The second-order valence-electron chi connectivity index (χ2n) is 2.34. The number of fused-ring (bicyclic) bond motifs is 1. The van der Waals surface area contributed by atoms with Crippen molar-refractivity contribution < 1.29 is 17.6 Å². The van der Waals surface area contributed by atoms with Crippen molar-refractivity contribution in [2.45, 2.75) is 4.90 Å². The van der Waals surface area contributed by atoms with Gasteiger partial charge in [0.05, 0.1) is 4.90 Å². The number of hydrogen-bond acceptors (Lipinski definition) is 6. The first-order valence-corrected chi connectivity index (χ1v) is 4.67. The lowest BCUT2D eigenvalue weighted by Crippen LogP contribution is -1.99. The minimum Gasteiger partial charge on any atom is -0.744 e. The number of rotatable bonds is 1. The van der Waals surface area contributed by atoms with Gasteiger partial charge in [0, 0.05) is 0 Å². The van der Waals surface area contributed by atoms with Crippen LogP contribution in [-0.2, 0) is 10.1 Å². The van der Waals surface area contributed by atoms with Crippen LogP contribution in [0.2, 0.25) is 0 Å². The molecule has 1 aromatic carbocycles. The molecule has 1 aromatic heterocycles. The molecule has 0 saturated heterocycles. The van der Waals surface area contributed by atoms with Crippen molar-refractivity contribution in [3.8, 4) is 0 Å². The summed E-state index contributed by atoms with van der Waals surface area (Å²) in [5.41, 5.74) is 0.217. The molecule has 1 heterocycles. The van der Waals surface area contributed by atoms with Gasteiger partial charge in [0.1, 0.15) is 15.6 Å². The molecule has 2 aromatic rings. The van der Waals surface area contributed by atoms with E-state index in [4.69, 9.17) is 0 Å². The van der Waals surface area contributed by atoms with Crippen molar-refractivity contribution in [3.63, 3.8) is 0 Å². The zero-order valence-corrected chi connectivity index (χ0v) is 7.98. The van der Waals surface area contributed by atoms with E-state index in [1.54, 1.807) is 0 Å². The third-order valence-corrected chi connectivity index (χ3v) is 2.39. The number of aromatic nitrogens is 2. The van der Waals surface area contributed by atoms with E-state index in [9.17, 15) is 13.0 Å². The maximum atomic E-state index is 10.7. The number of nitrogens with zero attached hydrogens (tertiary/aromatic N) is 2. The average molecular weight is 217 g/mol. The Morgan fingerprint density at radius 1 is 1.29 bits per heavy atom. The lowest BCUT2D eigenvalue weighted by Gasteiger charge is -2.04. The van der Waals surface area contributed by atoms with Gasteiger partial charge in [-0.25, -0.2) is 13.0 Å². The van der Waals surface area contributed by atoms with E-state index in [0.717, 1.165) is 6.07 Å². The Balaban J connectivity index is 0.000000980. The van der Waals surface area contributed by atoms with Gasteiger partial charge in [-0.15, -0.1) is 0 Å². The second kappa shape index (κ2) is 3.33. The summed E-state index contributed by atoms with van der Waals surface area (Å²) < 4.78 is 36.3. The van der Waals surface area contributed by atoms with Crippen LogP contribution in [0.4, 0.5) is 0 Å².